The van der Waals surface area contributed by atoms with E-state index in [2.05, 4.69) is 62.3 Å². The predicted octanol–water partition coefficient (Wildman–Crippen LogP) is 6.01. The molecule has 0 spiro atoms. The number of rotatable bonds is 6. The predicted molar refractivity (Wildman–Crippen MR) is 82.6 cm³/mol. The van der Waals surface area contributed by atoms with E-state index in [-0.39, 0.29) is 0 Å². The molecule has 18 heavy (non-hydrogen) atoms. The molecule has 0 aliphatic heterocycles. The van der Waals surface area contributed by atoms with Gasteiger partial charge in [0.25, 0.3) is 0 Å². The monoisotopic (exact) mass is 252 g/mol. The zero-order valence-corrected chi connectivity index (χ0v) is 14.3. The summed E-state index contributed by atoms with van der Waals surface area (Å²) in [5.41, 5.74) is 1.07. The van der Waals surface area contributed by atoms with Crippen molar-refractivity contribution in [3.63, 3.8) is 0 Å². The molecule has 0 heteroatoms. The summed E-state index contributed by atoms with van der Waals surface area (Å²) >= 11 is 0. The Morgan fingerprint density at radius 3 is 1.61 bits per heavy atom. The molecule has 1 rings (SSSR count). The minimum absolute atomic E-state index is 0.537. The smallest absolute Gasteiger partial charge is 0.0264 e. The Bertz CT molecular complexity index is 258. The zero-order chi connectivity index (χ0) is 14.3. The highest BCUT2D eigenvalue weighted by atomic mass is 14.7. The van der Waals surface area contributed by atoms with Gasteiger partial charge in [-0.05, 0) is 46.8 Å². The van der Waals surface area contributed by atoms with Gasteiger partial charge in [0.1, 0.15) is 0 Å². The maximum atomic E-state index is 2.53. The van der Waals surface area contributed by atoms with Gasteiger partial charge in [0.05, 0.1) is 0 Å². The van der Waals surface area contributed by atoms with Gasteiger partial charge in [-0.2, -0.15) is 0 Å². The molecule has 0 amide bonds. The molecule has 1 aliphatic carbocycles. The highest BCUT2D eigenvalue weighted by Crippen LogP contribution is 2.72. The Balaban J connectivity index is 2.81. The molecule has 0 heterocycles. The second kappa shape index (κ2) is 5.17. The van der Waals surface area contributed by atoms with E-state index in [1.807, 2.05) is 0 Å². The highest BCUT2D eigenvalue weighted by molar-refractivity contribution is 5.14. The molecule has 0 bridgehead atoms. The minimum Gasteiger partial charge on any atom is -0.0651 e. The summed E-state index contributed by atoms with van der Waals surface area (Å²) in [4.78, 5) is 0. The van der Waals surface area contributed by atoms with Crippen LogP contribution in [0.15, 0.2) is 0 Å². The van der Waals surface area contributed by atoms with Crippen LogP contribution in [-0.2, 0) is 0 Å². The van der Waals surface area contributed by atoms with Gasteiger partial charge in [0, 0.05) is 0 Å². The van der Waals surface area contributed by atoms with E-state index >= 15 is 0 Å². The van der Waals surface area contributed by atoms with Gasteiger partial charge in [-0.15, -0.1) is 0 Å². The maximum absolute atomic E-state index is 2.53. The van der Waals surface area contributed by atoms with Gasteiger partial charge < -0.3 is 0 Å². The molecule has 0 aromatic rings. The van der Waals surface area contributed by atoms with E-state index in [9.17, 15) is 0 Å². The van der Waals surface area contributed by atoms with Crippen molar-refractivity contribution in [2.24, 2.45) is 40.4 Å². The largest absolute Gasteiger partial charge is 0.0651 e. The van der Waals surface area contributed by atoms with Crippen LogP contribution in [0.3, 0.4) is 0 Å². The van der Waals surface area contributed by atoms with Gasteiger partial charge in [0.15, 0.2) is 0 Å². The molecule has 3 unspecified atom stereocenters. The lowest BCUT2D eigenvalue weighted by Gasteiger charge is -2.32. The van der Waals surface area contributed by atoms with Crippen LogP contribution in [0.25, 0.3) is 0 Å². The van der Waals surface area contributed by atoms with Crippen LogP contribution >= 0.6 is 0 Å². The lowest BCUT2D eigenvalue weighted by molar-refractivity contribution is 0.172. The second-order valence-electron chi connectivity index (χ2n) is 8.46. The number of hydrogen-bond donors (Lipinski definition) is 0. The van der Waals surface area contributed by atoms with Crippen molar-refractivity contribution in [2.45, 2.75) is 75.2 Å². The molecule has 0 saturated heterocycles. The zero-order valence-electron chi connectivity index (χ0n) is 14.3. The summed E-state index contributed by atoms with van der Waals surface area (Å²) in [5, 5.41) is 0. The summed E-state index contributed by atoms with van der Waals surface area (Å²) in [7, 11) is 0. The Hall–Kier alpha value is 0. The molecule has 108 valence electrons. The first-order valence-corrected chi connectivity index (χ1v) is 8.07. The lowest BCUT2D eigenvalue weighted by atomic mass is 9.73. The molecule has 1 saturated carbocycles. The first-order chi connectivity index (χ1) is 8.07. The maximum Gasteiger partial charge on any atom is -0.0264 e. The fourth-order valence-corrected chi connectivity index (χ4v) is 4.62. The fourth-order valence-electron chi connectivity index (χ4n) is 4.62. The SMILES string of the molecule is CCC(C)C(CC(C)C)C(C)C1C(C)(C)C1(C)C. The van der Waals surface area contributed by atoms with Crippen molar-refractivity contribution < 1.29 is 0 Å². The number of hydrogen-bond acceptors (Lipinski definition) is 0. The van der Waals surface area contributed by atoms with E-state index in [0.29, 0.717) is 10.8 Å². The van der Waals surface area contributed by atoms with Gasteiger partial charge in [-0.25, -0.2) is 0 Å². The first-order valence-electron chi connectivity index (χ1n) is 8.07. The second-order valence-corrected chi connectivity index (χ2v) is 8.46. The molecule has 0 aromatic carbocycles. The standard InChI is InChI=1S/C18H36/c1-10-13(4)15(11-12(2)3)14(5)16-17(6,7)18(16,8)9/h12-16H,10-11H2,1-9H3. The third-order valence-corrected chi connectivity index (χ3v) is 6.45. The highest BCUT2D eigenvalue weighted by Gasteiger charge is 2.66. The van der Waals surface area contributed by atoms with Crippen LogP contribution in [0.4, 0.5) is 0 Å². The van der Waals surface area contributed by atoms with Gasteiger partial charge in [-0.3, -0.25) is 0 Å². The Kier molecular flexibility index (Phi) is 4.62. The first kappa shape index (κ1) is 16.1. The van der Waals surface area contributed by atoms with Crippen molar-refractivity contribution in [3.8, 4) is 0 Å². The minimum atomic E-state index is 0.537. The van der Waals surface area contributed by atoms with Crippen LogP contribution in [0.2, 0.25) is 0 Å². The quantitative estimate of drug-likeness (QED) is 0.543. The Morgan fingerprint density at radius 1 is 0.889 bits per heavy atom. The molecular weight excluding hydrogens is 216 g/mol. The lowest BCUT2D eigenvalue weighted by Crippen LogP contribution is -2.24. The van der Waals surface area contributed by atoms with Crippen LogP contribution in [0.1, 0.15) is 75.2 Å². The van der Waals surface area contributed by atoms with Gasteiger partial charge in [-0.1, -0.05) is 68.7 Å². The summed E-state index contributed by atoms with van der Waals surface area (Å²) in [5.74, 6) is 4.38. The average Bonchev–Trinajstić information content (AvgIpc) is 2.64. The summed E-state index contributed by atoms with van der Waals surface area (Å²) in [6.45, 7) is 22.0. The molecule has 0 radical (unpaired) electrons. The Labute approximate surface area is 116 Å². The van der Waals surface area contributed by atoms with Crippen LogP contribution in [0.5, 0.6) is 0 Å². The molecule has 3 atom stereocenters. The topological polar surface area (TPSA) is 0 Å². The van der Waals surface area contributed by atoms with E-state index in [1.54, 1.807) is 0 Å². The van der Waals surface area contributed by atoms with Crippen molar-refractivity contribution in [1.29, 1.82) is 0 Å². The fraction of sp³-hybridized carbons (Fsp3) is 1.00. The van der Waals surface area contributed by atoms with Crippen LogP contribution < -0.4 is 0 Å². The van der Waals surface area contributed by atoms with Crippen molar-refractivity contribution in [3.05, 3.63) is 0 Å². The van der Waals surface area contributed by atoms with E-state index in [1.165, 1.54) is 12.8 Å². The molecule has 0 N–H and O–H groups in total. The van der Waals surface area contributed by atoms with E-state index in [4.69, 9.17) is 0 Å². The summed E-state index contributed by atoms with van der Waals surface area (Å²) in [6, 6.07) is 0. The van der Waals surface area contributed by atoms with E-state index in [0.717, 1.165) is 29.6 Å². The van der Waals surface area contributed by atoms with Gasteiger partial charge in [0.2, 0.25) is 0 Å². The average molecular weight is 252 g/mol. The Morgan fingerprint density at radius 2 is 1.33 bits per heavy atom. The molecule has 1 fully saturated rings. The third kappa shape index (κ3) is 2.63. The third-order valence-electron chi connectivity index (χ3n) is 6.45. The normalized spacial score (nSPS) is 27.0. The van der Waals surface area contributed by atoms with Crippen molar-refractivity contribution in [2.75, 3.05) is 0 Å². The van der Waals surface area contributed by atoms with E-state index < -0.39 is 0 Å². The summed E-state index contributed by atoms with van der Waals surface area (Å²) in [6.07, 6.45) is 2.73. The summed E-state index contributed by atoms with van der Waals surface area (Å²) < 4.78 is 0. The van der Waals surface area contributed by atoms with Crippen molar-refractivity contribution in [1.82, 2.24) is 0 Å². The molecule has 1 aliphatic rings. The van der Waals surface area contributed by atoms with Crippen LogP contribution in [0, 0.1) is 40.4 Å². The van der Waals surface area contributed by atoms with Crippen LogP contribution in [-0.4, -0.2) is 0 Å². The van der Waals surface area contributed by atoms with Crippen molar-refractivity contribution >= 4 is 0 Å². The molecule has 0 aromatic heterocycles. The molecular formula is C18H36. The van der Waals surface area contributed by atoms with Gasteiger partial charge >= 0.3 is 0 Å². The molecule has 0 nitrogen and oxygen atoms in total.